The van der Waals surface area contributed by atoms with Crippen molar-refractivity contribution >= 4 is 17.7 Å². The van der Waals surface area contributed by atoms with Crippen molar-refractivity contribution in [2.75, 3.05) is 7.11 Å². The van der Waals surface area contributed by atoms with Crippen molar-refractivity contribution in [1.82, 2.24) is 4.90 Å². The van der Waals surface area contributed by atoms with E-state index in [0.29, 0.717) is 16.7 Å². The van der Waals surface area contributed by atoms with Crippen molar-refractivity contribution < 1.29 is 33.8 Å². The summed E-state index contributed by atoms with van der Waals surface area (Å²) in [6.45, 7) is 0.0413. The first kappa shape index (κ1) is 20.9. The third-order valence-electron chi connectivity index (χ3n) is 5.21. The van der Waals surface area contributed by atoms with Crippen molar-refractivity contribution in [1.29, 1.82) is 0 Å². The molecule has 4 rings (SSSR count). The molecule has 0 saturated heterocycles. The third kappa shape index (κ3) is 3.74. The lowest BCUT2D eigenvalue weighted by Gasteiger charge is -2.27. The number of ether oxygens (including phenoxy) is 1. The molecule has 8 heteroatoms. The lowest BCUT2D eigenvalue weighted by molar-refractivity contribution is -0.130. The van der Waals surface area contributed by atoms with Gasteiger partial charge >= 0.3 is 5.97 Å². The highest BCUT2D eigenvalue weighted by Crippen LogP contribution is 2.40. The van der Waals surface area contributed by atoms with E-state index in [0.717, 1.165) is 0 Å². The van der Waals surface area contributed by atoms with Gasteiger partial charge in [-0.2, -0.15) is 0 Å². The highest BCUT2D eigenvalue weighted by atomic mass is 16.5. The van der Waals surface area contributed by atoms with E-state index in [4.69, 9.17) is 4.42 Å². The zero-order chi connectivity index (χ0) is 22.8. The number of aromatic hydroxyl groups is 1. The number of hydrogen-bond donors (Lipinski definition) is 2. The van der Waals surface area contributed by atoms with Crippen LogP contribution in [-0.2, 0) is 16.1 Å². The van der Waals surface area contributed by atoms with Crippen molar-refractivity contribution in [3.05, 3.63) is 101 Å². The second-order valence-corrected chi connectivity index (χ2v) is 7.19. The van der Waals surface area contributed by atoms with Crippen LogP contribution >= 0.6 is 0 Å². The lowest BCUT2D eigenvalue weighted by Crippen LogP contribution is -2.30. The predicted octanol–water partition coefficient (Wildman–Crippen LogP) is 3.55. The minimum atomic E-state index is -0.951. The zero-order valence-electron chi connectivity index (χ0n) is 17.0. The van der Waals surface area contributed by atoms with Crippen LogP contribution in [0.4, 0.5) is 0 Å². The molecular weight excluding hydrogens is 414 g/mol. The Morgan fingerprint density at radius 1 is 1.06 bits per heavy atom. The summed E-state index contributed by atoms with van der Waals surface area (Å²) in [5, 5.41) is 20.6. The molecule has 8 nitrogen and oxygen atoms in total. The molecule has 162 valence electrons. The van der Waals surface area contributed by atoms with Crippen LogP contribution in [0.25, 0.3) is 0 Å². The topological polar surface area (TPSA) is 117 Å². The molecule has 1 aromatic heterocycles. The number of phenolic OH excluding ortho intramolecular Hbond substituents is 1. The van der Waals surface area contributed by atoms with Crippen molar-refractivity contribution in [3.8, 4) is 5.75 Å². The minimum absolute atomic E-state index is 0.0196. The van der Waals surface area contributed by atoms with E-state index >= 15 is 0 Å². The quantitative estimate of drug-likeness (QED) is 0.451. The van der Waals surface area contributed by atoms with Gasteiger partial charge in [0, 0.05) is 6.54 Å². The number of nitrogens with zero attached hydrogens (tertiary/aromatic N) is 1. The molecule has 0 bridgehead atoms. The normalized spacial score (nSPS) is 15.8. The maximum atomic E-state index is 13.1. The second-order valence-electron chi connectivity index (χ2n) is 7.19. The van der Waals surface area contributed by atoms with Crippen molar-refractivity contribution in [2.45, 2.75) is 12.6 Å². The van der Waals surface area contributed by atoms with Gasteiger partial charge < -0.3 is 24.3 Å². The van der Waals surface area contributed by atoms with E-state index in [2.05, 4.69) is 4.74 Å². The minimum Gasteiger partial charge on any atom is -0.508 e. The number of aliphatic hydroxyl groups is 1. The standard InChI is InChI=1S/C24H19NO7/c1-31-24(30)15-9-7-14(8-10-15)13-25-20(16-4-2-5-17(26)12-16)19(22(28)23(25)29)21(27)18-6-3-11-32-18/h2-12,20,26,28H,13H2,1H3. The van der Waals surface area contributed by atoms with Crippen LogP contribution in [0.2, 0.25) is 0 Å². The number of esters is 1. The molecule has 1 amide bonds. The fourth-order valence-electron chi connectivity index (χ4n) is 3.69. The van der Waals surface area contributed by atoms with Crippen molar-refractivity contribution in [3.63, 3.8) is 0 Å². The van der Waals surface area contributed by atoms with Gasteiger partial charge in [-0.25, -0.2) is 4.79 Å². The molecule has 1 aliphatic heterocycles. The van der Waals surface area contributed by atoms with Crippen LogP contribution in [0, 0.1) is 0 Å². The van der Waals surface area contributed by atoms with Gasteiger partial charge in [0.15, 0.2) is 11.5 Å². The Hall–Kier alpha value is -4.33. The summed E-state index contributed by atoms with van der Waals surface area (Å²) in [5.74, 6) is -2.59. The maximum Gasteiger partial charge on any atom is 0.337 e. The van der Waals surface area contributed by atoms with E-state index in [-0.39, 0.29) is 23.6 Å². The van der Waals surface area contributed by atoms with Gasteiger partial charge in [0.2, 0.25) is 5.78 Å². The van der Waals surface area contributed by atoms with Gasteiger partial charge in [-0.3, -0.25) is 9.59 Å². The first-order valence-corrected chi connectivity index (χ1v) is 9.69. The van der Waals surface area contributed by atoms with Crippen LogP contribution in [0.5, 0.6) is 5.75 Å². The molecule has 32 heavy (non-hydrogen) atoms. The predicted molar refractivity (Wildman–Crippen MR) is 112 cm³/mol. The summed E-state index contributed by atoms with van der Waals surface area (Å²) in [6.07, 6.45) is 1.32. The first-order chi connectivity index (χ1) is 15.4. The molecule has 1 unspecified atom stereocenters. The molecular formula is C24H19NO7. The summed E-state index contributed by atoms with van der Waals surface area (Å²) in [5.41, 5.74) is 1.32. The monoisotopic (exact) mass is 433 g/mol. The Balaban J connectivity index is 1.73. The SMILES string of the molecule is COC(=O)c1ccc(CN2C(=O)C(O)=C(C(=O)c3ccco3)C2c2cccc(O)c2)cc1. The highest BCUT2D eigenvalue weighted by molar-refractivity contribution is 6.15. The number of amides is 1. The van der Waals surface area contributed by atoms with E-state index < -0.39 is 29.5 Å². The summed E-state index contributed by atoms with van der Waals surface area (Å²) in [6, 6.07) is 14.6. The average molecular weight is 433 g/mol. The summed E-state index contributed by atoms with van der Waals surface area (Å²) < 4.78 is 9.87. The number of carbonyl (C=O) groups excluding carboxylic acids is 3. The van der Waals surface area contributed by atoms with E-state index in [1.807, 2.05) is 0 Å². The number of phenols is 1. The van der Waals surface area contributed by atoms with Gasteiger partial charge in [0.05, 0.1) is 30.6 Å². The first-order valence-electron chi connectivity index (χ1n) is 9.69. The molecule has 2 heterocycles. The van der Waals surface area contributed by atoms with Crippen LogP contribution in [0.1, 0.15) is 38.1 Å². The van der Waals surface area contributed by atoms with Gasteiger partial charge in [0.1, 0.15) is 5.75 Å². The highest BCUT2D eigenvalue weighted by Gasteiger charge is 2.44. The van der Waals surface area contributed by atoms with Crippen LogP contribution in [-0.4, -0.2) is 39.9 Å². The fraction of sp³-hybridized carbons (Fsp3) is 0.125. The number of aliphatic hydroxyl groups excluding tert-OH is 1. The van der Waals surface area contributed by atoms with Gasteiger partial charge in [-0.05, 0) is 47.5 Å². The largest absolute Gasteiger partial charge is 0.508 e. The molecule has 0 radical (unpaired) electrons. The van der Waals surface area contributed by atoms with Gasteiger partial charge in [-0.15, -0.1) is 0 Å². The smallest absolute Gasteiger partial charge is 0.337 e. The number of furan rings is 1. The molecule has 0 fully saturated rings. The van der Waals surface area contributed by atoms with Gasteiger partial charge in [0.25, 0.3) is 5.91 Å². The molecule has 1 aliphatic rings. The molecule has 2 N–H and O–H groups in total. The Morgan fingerprint density at radius 3 is 2.44 bits per heavy atom. The third-order valence-corrected chi connectivity index (χ3v) is 5.21. The number of ketones is 1. The maximum absolute atomic E-state index is 13.1. The van der Waals surface area contributed by atoms with Crippen molar-refractivity contribution in [2.24, 2.45) is 0 Å². The Bertz CT molecular complexity index is 1210. The number of carbonyl (C=O) groups is 3. The molecule has 0 aliphatic carbocycles. The number of hydrogen-bond acceptors (Lipinski definition) is 7. The summed E-state index contributed by atoms with van der Waals surface area (Å²) in [7, 11) is 1.28. The summed E-state index contributed by atoms with van der Waals surface area (Å²) in [4.78, 5) is 39.1. The molecule has 0 saturated carbocycles. The fourth-order valence-corrected chi connectivity index (χ4v) is 3.69. The molecule has 1 atom stereocenters. The van der Waals surface area contributed by atoms with Gasteiger partial charge in [-0.1, -0.05) is 24.3 Å². The van der Waals surface area contributed by atoms with E-state index in [1.165, 1.54) is 42.5 Å². The lowest BCUT2D eigenvalue weighted by atomic mass is 9.94. The van der Waals surface area contributed by atoms with E-state index in [9.17, 15) is 24.6 Å². The van der Waals surface area contributed by atoms with Crippen LogP contribution < -0.4 is 0 Å². The second kappa shape index (κ2) is 8.43. The molecule has 0 spiro atoms. The molecule has 2 aromatic carbocycles. The number of methoxy groups -OCH3 is 1. The zero-order valence-corrected chi connectivity index (χ0v) is 17.0. The Morgan fingerprint density at radius 2 is 1.81 bits per heavy atom. The summed E-state index contributed by atoms with van der Waals surface area (Å²) >= 11 is 0. The van der Waals surface area contributed by atoms with E-state index in [1.54, 1.807) is 36.4 Å². The number of benzene rings is 2. The Labute approximate surface area is 183 Å². The average Bonchev–Trinajstić information content (AvgIpc) is 3.42. The Kier molecular flexibility index (Phi) is 5.51. The van der Waals surface area contributed by atoms with Crippen LogP contribution in [0.15, 0.2) is 82.7 Å². The van der Waals surface area contributed by atoms with Crippen LogP contribution in [0.3, 0.4) is 0 Å². The number of rotatable bonds is 6. The molecule has 3 aromatic rings. The number of Topliss-reactive ketones (excluding diaryl/α,β-unsaturated/α-hetero) is 1.